The maximum Gasteiger partial charge on any atom is 0.295 e. The highest BCUT2D eigenvalue weighted by molar-refractivity contribution is 9.10. The standard InChI is InChI=1S/C19H20BrClN4O3S/c20-16-4-6-18(7-5-16)29(27,28)25-10-8-24(9-11-25)14-19(26)23-22-13-15-2-1-3-17(21)12-15/h1-7,12-13H,8-11,14H2,(H,23,26)/p+1. The summed E-state index contributed by atoms with van der Waals surface area (Å²) in [6.07, 6.45) is 1.53. The van der Waals surface area contributed by atoms with Crippen LogP contribution in [0.5, 0.6) is 0 Å². The van der Waals surface area contributed by atoms with Crippen LogP contribution in [0.25, 0.3) is 0 Å². The maximum atomic E-state index is 12.7. The largest absolute Gasteiger partial charge is 0.325 e. The molecule has 1 aliphatic rings. The fourth-order valence-electron chi connectivity index (χ4n) is 3.01. The van der Waals surface area contributed by atoms with E-state index in [0.717, 1.165) is 14.9 Å². The minimum Gasteiger partial charge on any atom is -0.325 e. The number of carbonyl (C=O) groups is 1. The first kappa shape index (κ1) is 21.9. The van der Waals surface area contributed by atoms with Crippen molar-refractivity contribution in [1.82, 2.24) is 9.73 Å². The molecular weight excluding hydrogens is 480 g/mol. The summed E-state index contributed by atoms with van der Waals surface area (Å²) in [6.45, 7) is 2.08. The average Bonchev–Trinajstić information content (AvgIpc) is 2.69. The Labute approximate surface area is 183 Å². The molecule has 3 rings (SSSR count). The molecule has 0 bridgehead atoms. The zero-order valence-electron chi connectivity index (χ0n) is 15.5. The minimum absolute atomic E-state index is 0.220. The Morgan fingerprint density at radius 2 is 1.90 bits per heavy atom. The second-order valence-electron chi connectivity index (χ2n) is 6.63. The van der Waals surface area contributed by atoms with Crippen molar-refractivity contribution in [2.45, 2.75) is 4.90 Å². The number of hydrogen-bond acceptors (Lipinski definition) is 4. The number of hydrazone groups is 1. The lowest BCUT2D eigenvalue weighted by atomic mass is 10.2. The third-order valence-electron chi connectivity index (χ3n) is 4.54. The van der Waals surface area contributed by atoms with Gasteiger partial charge in [0.2, 0.25) is 10.0 Å². The highest BCUT2D eigenvalue weighted by Gasteiger charge is 2.31. The van der Waals surface area contributed by atoms with Crippen LogP contribution in [0, 0.1) is 0 Å². The molecule has 7 nitrogen and oxygen atoms in total. The number of hydrogen-bond donors (Lipinski definition) is 2. The summed E-state index contributed by atoms with van der Waals surface area (Å²) in [5, 5.41) is 4.54. The lowest BCUT2D eigenvalue weighted by molar-refractivity contribution is -0.895. The Morgan fingerprint density at radius 1 is 1.21 bits per heavy atom. The molecule has 1 amide bonds. The number of rotatable bonds is 6. The number of amides is 1. The van der Waals surface area contributed by atoms with Gasteiger partial charge in [-0.3, -0.25) is 4.79 Å². The number of piperazine rings is 1. The van der Waals surface area contributed by atoms with Gasteiger partial charge in [0.15, 0.2) is 6.54 Å². The van der Waals surface area contributed by atoms with Crippen molar-refractivity contribution >= 4 is 49.7 Å². The van der Waals surface area contributed by atoms with Crippen molar-refractivity contribution in [2.24, 2.45) is 5.10 Å². The molecule has 2 aromatic rings. The van der Waals surface area contributed by atoms with Crippen LogP contribution in [-0.4, -0.2) is 57.6 Å². The van der Waals surface area contributed by atoms with E-state index in [0.29, 0.717) is 31.2 Å². The molecular formula is C19H21BrClN4O3S+. The van der Waals surface area contributed by atoms with Gasteiger partial charge in [0, 0.05) is 9.50 Å². The van der Waals surface area contributed by atoms with E-state index in [1.807, 2.05) is 6.07 Å². The molecule has 0 atom stereocenters. The summed E-state index contributed by atoms with van der Waals surface area (Å²) in [6, 6.07) is 13.7. The molecule has 1 saturated heterocycles. The van der Waals surface area contributed by atoms with Crippen LogP contribution in [0.15, 0.2) is 63.0 Å². The van der Waals surface area contributed by atoms with Gasteiger partial charge in [0.25, 0.3) is 5.91 Å². The predicted octanol–water partition coefficient (Wildman–Crippen LogP) is 1.14. The molecule has 0 radical (unpaired) electrons. The maximum absolute atomic E-state index is 12.7. The Balaban J connectivity index is 1.48. The Hall–Kier alpha value is -1.78. The van der Waals surface area contributed by atoms with Crippen molar-refractivity contribution in [3.63, 3.8) is 0 Å². The van der Waals surface area contributed by atoms with Gasteiger partial charge >= 0.3 is 0 Å². The lowest BCUT2D eigenvalue weighted by Gasteiger charge is -2.31. The van der Waals surface area contributed by atoms with E-state index in [1.54, 1.807) is 42.5 Å². The topological polar surface area (TPSA) is 83.3 Å². The van der Waals surface area contributed by atoms with Crippen LogP contribution in [0.2, 0.25) is 5.02 Å². The van der Waals surface area contributed by atoms with Crippen LogP contribution >= 0.6 is 27.5 Å². The number of nitrogens with one attached hydrogen (secondary N) is 2. The van der Waals surface area contributed by atoms with Crippen LogP contribution in [0.3, 0.4) is 0 Å². The van der Waals surface area contributed by atoms with Crippen LogP contribution in [0.4, 0.5) is 0 Å². The molecule has 1 heterocycles. The molecule has 0 saturated carbocycles. The second-order valence-corrected chi connectivity index (χ2v) is 9.92. The quantitative estimate of drug-likeness (QED) is 0.461. The van der Waals surface area contributed by atoms with Crippen LogP contribution < -0.4 is 10.3 Å². The molecule has 1 fully saturated rings. The third kappa shape index (κ3) is 6.10. The van der Waals surface area contributed by atoms with Crippen molar-refractivity contribution in [1.29, 1.82) is 0 Å². The van der Waals surface area contributed by atoms with Crippen LogP contribution in [-0.2, 0) is 14.8 Å². The van der Waals surface area contributed by atoms with Gasteiger partial charge in [-0.25, -0.2) is 13.8 Å². The Morgan fingerprint density at radius 3 is 2.55 bits per heavy atom. The molecule has 154 valence electrons. The number of nitrogens with zero attached hydrogens (tertiary/aromatic N) is 2. The first-order valence-corrected chi connectivity index (χ1v) is 11.6. The number of halogens is 2. The third-order valence-corrected chi connectivity index (χ3v) is 7.22. The molecule has 10 heteroatoms. The highest BCUT2D eigenvalue weighted by Crippen LogP contribution is 2.18. The van der Waals surface area contributed by atoms with Crippen molar-refractivity contribution < 1.29 is 18.1 Å². The Kier molecular flexibility index (Phi) is 7.42. The van der Waals surface area contributed by atoms with E-state index < -0.39 is 10.0 Å². The summed E-state index contributed by atoms with van der Waals surface area (Å²) < 4.78 is 27.7. The normalized spacial score (nSPS) is 16.2. The summed E-state index contributed by atoms with van der Waals surface area (Å²) >= 11 is 9.21. The van der Waals surface area contributed by atoms with Crippen LogP contribution in [0.1, 0.15) is 5.56 Å². The van der Waals surface area contributed by atoms with Gasteiger partial charge < -0.3 is 4.90 Å². The highest BCUT2D eigenvalue weighted by atomic mass is 79.9. The summed E-state index contributed by atoms with van der Waals surface area (Å²) in [5.41, 5.74) is 3.29. The first-order valence-electron chi connectivity index (χ1n) is 9.01. The van der Waals surface area contributed by atoms with Crippen molar-refractivity contribution in [3.05, 3.63) is 63.6 Å². The van der Waals surface area contributed by atoms with Crippen molar-refractivity contribution in [3.8, 4) is 0 Å². The van der Waals surface area contributed by atoms with Gasteiger partial charge in [0.05, 0.1) is 37.3 Å². The van der Waals surface area contributed by atoms with E-state index in [-0.39, 0.29) is 17.3 Å². The number of quaternary nitrogens is 1. The number of carbonyl (C=O) groups excluding carboxylic acids is 1. The predicted molar refractivity (Wildman–Crippen MR) is 116 cm³/mol. The summed E-state index contributed by atoms with van der Waals surface area (Å²) in [5.74, 6) is -0.220. The number of sulfonamides is 1. The van der Waals surface area contributed by atoms with E-state index in [4.69, 9.17) is 11.6 Å². The fourth-order valence-corrected chi connectivity index (χ4v) is 4.91. The van der Waals surface area contributed by atoms with E-state index >= 15 is 0 Å². The SMILES string of the molecule is O=C(C[NH+]1CCN(S(=O)(=O)c2ccc(Br)cc2)CC1)NN=Cc1cccc(Cl)c1. The zero-order chi connectivity index (χ0) is 20.9. The molecule has 0 aliphatic carbocycles. The van der Waals surface area contributed by atoms with Gasteiger partial charge in [-0.15, -0.1) is 0 Å². The lowest BCUT2D eigenvalue weighted by Crippen LogP contribution is -3.15. The van der Waals surface area contributed by atoms with E-state index in [1.165, 1.54) is 10.5 Å². The molecule has 0 unspecified atom stereocenters. The zero-order valence-corrected chi connectivity index (χ0v) is 18.7. The molecule has 0 spiro atoms. The first-order chi connectivity index (χ1) is 13.8. The van der Waals surface area contributed by atoms with Gasteiger partial charge in [0.1, 0.15) is 0 Å². The smallest absolute Gasteiger partial charge is 0.295 e. The van der Waals surface area contributed by atoms with Gasteiger partial charge in [-0.05, 0) is 42.0 Å². The molecule has 0 aromatic heterocycles. The van der Waals surface area contributed by atoms with E-state index in [9.17, 15) is 13.2 Å². The monoisotopic (exact) mass is 499 g/mol. The van der Waals surface area contributed by atoms with Gasteiger partial charge in [-0.2, -0.15) is 9.41 Å². The molecule has 1 aliphatic heterocycles. The summed E-state index contributed by atoms with van der Waals surface area (Å²) in [4.78, 5) is 13.4. The Bertz CT molecular complexity index is 991. The number of benzene rings is 2. The second kappa shape index (κ2) is 9.82. The molecule has 2 aromatic carbocycles. The van der Waals surface area contributed by atoms with Gasteiger partial charge in [-0.1, -0.05) is 39.7 Å². The summed E-state index contributed by atoms with van der Waals surface area (Å²) in [7, 11) is -3.51. The average molecular weight is 501 g/mol. The van der Waals surface area contributed by atoms with E-state index in [2.05, 4.69) is 26.5 Å². The van der Waals surface area contributed by atoms with Crippen molar-refractivity contribution in [2.75, 3.05) is 32.7 Å². The minimum atomic E-state index is -3.51. The fraction of sp³-hybridized carbons (Fsp3) is 0.263. The molecule has 29 heavy (non-hydrogen) atoms. The molecule has 2 N–H and O–H groups in total.